The maximum atomic E-state index is 12.5. The van der Waals surface area contributed by atoms with E-state index in [2.05, 4.69) is 10.3 Å². The summed E-state index contributed by atoms with van der Waals surface area (Å²) in [5.41, 5.74) is 5.62. The van der Waals surface area contributed by atoms with Gasteiger partial charge in [-0.3, -0.25) is 4.79 Å². The van der Waals surface area contributed by atoms with Crippen molar-refractivity contribution < 1.29 is 18.0 Å². The first kappa shape index (κ1) is 18.7. The first-order valence-corrected chi connectivity index (χ1v) is 7.85. The fraction of sp³-hybridized carbons (Fsp3) is 0.333. The molecule has 130 valence electrons. The van der Waals surface area contributed by atoms with Gasteiger partial charge < -0.3 is 11.1 Å². The quantitative estimate of drug-likeness (QED) is 0.858. The first-order valence-electron chi connectivity index (χ1n) is 6.97. The molecule has 0 saturated heterocycles. The summed E-state index contributed by atoms with van der Waals surface area (Å²) in [6.07, 6.45) is -2.97. The number of carbonyl (C=O) groups excluding carboxylic acids is 1. The van der Waals surface area contributed by atoms with Gasteiger partial charge in [0.1, 0.15) is 5.01 Å². The third-order valence-corrected chi connectivity index (χ3v) is 4.62. The summed E-state index contributed by atoms with van der Waals surface area (Å²) in [6.45, 7) is 0.259. The standard InChI is InChI=1S/C15H14F3N3OS.ClH/c16-15(17,18)10-3-1-9(2-4-10)12-21-11(8-23-12)7-20-13(22)14(19)5-6-14;/h1-4,8H,5-7,19H2,(H,20,22);1H. The molecule has 9 heteroatoms. The monoisotopic (exact) mass is 377 g/mol. The van der Waals surface area contributed by atoms with Gasteiger partial charge in [-0.05, 0) is 25.0 Å². The molecule has 1 fully saturated rings. The molecule has 0 unspecified atom stereocenters. The van der Waals surface area contributed by atoms with E-state index in [0.29, 0.717) is 29.1 Å². The summed E-state index contributed by atoms with van der Waals surface area (Å²) in [6, 6.07) is 4.85. The molecule has 0 atom stereocenters. The minimum atomic E-state index is -4.35. The molecule has 4 nitrogen and oxygen atoms in total. The second kappa shape index (κ2) is 6.70. The van der Waals surface area contributed by atoms with Gasteiger partial charge in [0, 0.05) is 10.9 Å². The van der Waals surface area contributed by atoms with E-state index in [1.165, 1.54) is 23.5 Å². The lowest BCUT2D eigenvalue weighted by atomic mass is 10.1. The van der Waals surface area contributed by atoms with Gasteiger partial charge in [-0.1, -0.05) is 12.1 Å². The normalized spacial score (nSPS) is 15.5. The van der Waals surface area contributed by atoms with E-state index in [1.54, 1.807) is 5.38 Å². The highest BCUT2D eigenvalue weighted by molar-refractivity contribution is 7.13. The molecule has 0 bridgehead atoms. The molecule has 1 heterocycles. The Morgan fingerprint density at radius 3 is 2.46 bits per heavy atom. The zero-order chi connectivity index (χ0) is 16.7. The van der Waals surface area contributed by atoms with Crippen LogP contribution in [0.1, 0.15) is 24.1 Å². The maximum absolute atomic E-state index is 12.5. The fourth-order valence-corrected chi connectivity index (χ4v) is 2.86. The lowest BCUT2D eigenvalue weighted by molar-refractivity contribution is -0.137. The molecular weight excluding hydrogens is 363 g/mol. The second-order valence-electron chi connectivity index (χ2n) is 5.56. The van der Waals surface area contributed by atoms with Crippen LogP contribution in [0, 0.1) is 0 Å². The molecule has 1 aliphatic carbocycles. The van der Waals surface area contributed by atoms with Crippen molar-refractivity contribution in [3.8, 4) is 10.6 Å². The van der Waals surface area contributed by atoms with E-state index in [9.17, 15) is 18.0 Å². The molecule has 24 heavy (non-hydrogen) atoms. The Labute approximate surface area is 146 Å². The largest absolute Gasteiger partial charge is 0.416 e. The van der Waals surface area contributed by atoms with Crippen molar-refractivity contribution in [3.05, 3.63) is 40.9 Å². The molecular formula is C15H15ClF3N3OS. The minimum absolute atomic E-state index is 0. The topological polar surface area (TPSA) is 68.0 Å². The van der Waals surface area contributed by atoms with Crippen molar-refractivity contribution in [2.75, 3.05) is 0 Å². The highest BCUT2D eigenvalue weighted by atomic mass is 35.5. The number of hydrogen-bond donors (Lipinski definition) is 2. The predicted molar refractivity (Wildman–Crippen MR) is 87.8 cm³/mol. The van der Waals surface area contributed by atoms with Crippen molar-refractivity contribution >= 4 is 29.7 Å². The molecule has 3 rings (SSSR count). The zero-order valence-corrected chi connectivity index (χ0v) is 14.0. The Morgan fingerprint density at radius 1 is 1.29 bits per heavy atom. The molecule has 1 aliphatic rings. The molecule has 0 spiro atoms. The van der Waals surface area contributed by atoms with Gasteiger partial charge in [0.05, 0.1) is 23.3 Å². The molecule has 0 aliphatic heterocycles. The Bertz CT molecular complexity index is 726. The number of nitrogens with one attached hydrogen (secondary N) is 1. The smallest absolute Gasteiger partial charge is 0.349 e. The molecule has 2 aromatic rings. The number of hydrogen-bond acceptors (Lipinski definition) is 4. The van der Waals surface area contributed by atoms with Crippen molar-refractivity contribution in [1.29, 1.82) is 0 Å². The van der Waals surface area contributed by atoms with Gasteiger partial charge in [0.25, 0.3) is 0 Å². The molecule has 1 aromatic carbocycles. The molecule has 0 radical (unpaired) electrons. The Kier molecular flexibility index (Phi) is 5.22. The number of aromatic nitrogens is 1. The van der Waals surface area contributed by atoms with E-state index in [4.69, 9.17) is 5.73 Å². The second-order valence-corrected chi connectivity index (χ2v) is 6.42. The predicted octanol–water partition coefficient (Wildman–Crippen LogP) is 3.36. The van der Waals surface area contributed by atoms with Crippen molar-refractivity contribution in [2.24, 2.45) is 5.73 Å². The number of benzene rings is 1. The Hall–Kier alpha value is -1.64. The Morgan fingerprint density at radius 2 is 1.92 bits per heavy atom. The van der Waals surface area contributed by atoms with E-state index < -0.39 is 17.3 Å². The highest BCUT2D eigenvalue weighted by Gasteiger charge is 2.45. The maximum Gasteiger partial charge on any atom is 0.416 e. The van der Waals surface area contributed by atoms with Gasteiger partial charge in [-0.15, -0.1) is 23.7 Å². The van der Waals surface area contributed by atoms with Gasteiger partial charge in [0.2, 0.25) is 5.91 Å². The van der Waals surface area contributed by atoms with Crippen molar-refractivity contribution in [2.45, 2.75) is 31.1 Å². The van der Waals surface area contributed by atoms with Crippen LogP contribution in [0.5, 0.6) is 0 Å². The molecule has 1 amide bonds. The number of amides is 1. The molecule has 1 aromatic heterocycles. The lowest BCUT2D eigenvalue weighted by Gasteiger charge is -2.08. The SMILES string of the molecule is Cl.NC1(C(=O)NCc2csc(-c3ccc(C(F)(F)F)cc3)n2)CC1. The highest BCUT2D eigenvalue weighted by Crippen LogP contribution is 2.33. The molecule has 1 saturated carbocycles. The van der Waals surface area contributed by atoms with Crippen molar-refractivity contribution in [1.82, 2.24) is 10.3 Å². The van der Waals surface area contributed by atoms with Gasteiger partial charge >= 0.3 is 6.18 Å². The van der Waals surface area contributed by atoms with Crippen LogP contribution in [-0.2, 0) is 17.5 Å². The van der Waals surface area contributed by atoms with Crippen LogP contribution < -0.4 is 11.1 Å². The number of nitrogens with zero attached hydrogens (tertiary/aromatic N) is 1. The average Bonchev–Trinajstić information content (AvgIpc) is 3.09. The first-order chi connectivity index (χ1) is 10.8. The third kappa shape index (κ3) is 4.06. The van der Waals surface area contributed by atoms with Crippen LogP contribution in [0.2, 0.25) is 0 Å². The van der Waals surface area contributed by atoms with E-state index in [1.807, 2.05) is 0 Å². The average molecular weight is 378 g/mol. The van der Waals surface area contributed by atoms with Crippen LogP contribution in [-0.4, -0.2) is 16.4 Å². The van der Waals surface area contributed by atoms with Crippen molar-refractivity contribution in [3.63, 3.8) is 0 Å². The van der Waals surface area contributed by atoms with Crippen LogP contribution in [0.15, 0.2) is 29.6 Å². The van der Waals surface area contributed by atoms with Crippen LogP contribution in [0.25, 0.3) is 10.6 Å². The summed E-state index contributed by atoms with van der Waals surface area (Å²) >= 11 is 1.32. The lowest BCUT2D eigenvalue weighted by Crippen LogP contribution is -2.42. The number of halogens is 4. The number of rotatable bonds is 4. The van der Waals surface area contributed by atoms with Gasteiger partial charge in [-0.25, -0.2) is 4.98 Å². The van der Waals surface area contributed by atoms with Crippen LogP contribution >= 0.6 is 23.7 Å². The molecule has 3 N–H and O–H groups in total. The summed E-state index contributed by atoms with van der Waals surface area (Å²) in [5.74, 6) is -0.193. The zero-order valence-electron chi connectivity index (χ0n) is 12.4. The van der Waals surface area contributed by atoms with E-state index in [-0.39, 0.29) is 24.9 Å². The summed E-state index contributed by atoms with van der Waals surface area (Å²) in [7, 11) is 0. The number of carbonyl (C=O) groups is 1. The number of nitrogens with two attached hydrogens (primary N) is 1. The number of thiazole rings is 1. The Balaban J connectivity index is 0.00000208. The third-order valence-electron chi connectivity index (χ3n) is 3.68. The van der Waals surface area contributed by atoms with E-state index >= 15 is 0 Å². The minimum Gasteiger partial charge on any atom is -0.349 e. The van der Waals surface area contributed by atoms with Crippen LogP contribution in [0.3, 0.4) is 0 Å². The van der Waals surface area contributed by atoms with Gasteiger partial charge in [-0.2, -0.15) is 13.2 Å². The summed E-state index contributed by atoms with van der Waals surface area (Å²) < 4.78 is 37.6. The number of alkyl halides is 3. The van der Waals surface area contributed by atoms with Gasteiger partial charge in [0.15, 0.2) is 0 Å². The van der Waals surface area contributed by atoms with Crippen LogP contribution in [0.4, 0.5) is 13.2 Å². The summed E-state index contributed by atoms with van der Waals surface area (Å²) in [4.78, 5) is 16.1. The fourth-order valence-electron chi connectivity index (χ4n) is 2.03. The summed E-state index contributed by atoms with van der Waals surface area (Å²) in [5, 5.41) is 5.10. The van der Waals surface area contributed by atoms with E-state index in [0.717, 1.165) is 12.1 Å².